The molecule has 0 N–H and O–H groups in total. The smallest absolute Gasteiger partial charge is 0.227 e. The number of thiazole rings is 1. The van der Waals surface area contributed by atoms with Crippen molar-refractivity contribution in [1.29, 1.82) is 0 Å². The fraction of sp³-hybridized carbons (Fsp3) is 0.500. The zero-order valence-electron chi connectivity index (χ0n) is 15.0. The summed E-state index contributed by atoms with van der Waals surface area (Å²) in [5.41, 5.74) is 0.960. The van der Waals surface area contributed by atoms with Gasteiger partial charge < -0.3 is 9.80 Å². The molecule has 2 aliphatic rings. The van der Waals surface area contributed by atoms with Gasteiger partial charge in [0.25, 0.3) is 0 Å². The highest BCUT2D eigenvalue weighted by atomic mass is 35.5. The highest BCUT2D eigenvalue weighted by Gasteiger charge is 2.39. The van der Waals surface area contributed by atoms with Crippen molar-refractivity contribution in [2.24, 2.45) is 5.92 Å². The van der Waals surface area contributed by atoms with Gasteiger partial charge in [-0.3, -0.25) is 4.79 Å². The Hall–Kier alpha value is -1.43. The minimum absolute atomic E-state index is 0.106. The summed E-state index contributed by atoms with van der Waals surface area (Å²) in [6.45, 7) is 3.17. The molecule has 138 valence electrons. The average molecular weight is 390 g/mol. The van der Waals surface area contributed by atoms with Crippen LogP contribution in [-0.2, 0) is 4.79 Å². The van der Waals surface area contributed by atoms with E-state index in [-0.39, 0.29) is 17.9 Å². The molecule has 4 rings (SSSR count). The van der Waals surface area contributed by atoms with Gasteiger partial charge in [0.1, 0.15) is 5.01 Å². The van der Waals surface area contributed by atoms with Gasteiger partial charge in [-0.05, 0) is 38.4 Å². The van der Waals surface area contributed by atoms with E-state index in [1.165, 1.54) is 19.3 Å². The number of amides is 1. The van der Waals surface area contributed by atoms with Crippen molar-refractivity contribution < 1.29 is 4.79 Å². The molecule has 0 radical (unpaired) electrons. The van der Waals surface area contributed by atoms with Crippen molar-refractivity contribution >= 4 is 28.8 Å². The lowest BCUT2D eigenvalue weighted by molar-refractivity contribution is -0.131. The number of aromatic nitrogens is 1. The highest BCUT2D eigenvalue weighted by molar-refractivity contribution is 7.15. The van der Waals surface area contributed by atoms with E-state index >= 15 is 0 Å². The van der Waals surface area contributed by atoms with Crippen molar-refractivity contribution in [3.05, 3.63) is 40.4 Å². The number of likely N-dealkylation sites (tertiary alicyclic amines) is 2. The van der Waals surface area contributed by atoms with Gasteiger partial charge in [-0.15, -0.1) is 11.3 Å². The van der Waals surface area contributed by atoms with Crippen molar-refractivity contribution in [2.45, 2.75) is 31.7 Å². The van der Waals surface area contributed by atoms with Crippen LogP contribution in [0.3, 0.4) is 0 Å². The van der Waals surface area contributed by atoms with E-state index in [1.54, 1.807) is 11.3 Å². The molecule has 1 amide bonds. The number of carbonyl (C=O) groups is 1. The number of hydrogen-bond acceptors (Lipinski definition) is 4. The number of halogens is 1. The first-order chi connectivity index (χ1) is 12.6. The molecule has 2 fully saturated rings. The van der Waals surface area contributed by atoms with Crippen LogP contribution in [-0.4, -0.2) is 47.4 Å². The zero-order valence-corrected chi connectivity index (χ0v) is 16.6. The molecule has 2 atom stereocenters. The summed E-state index contributed by atoms with van der Waals surface area (Å²) < 4.78 is 0. The van der Waals surface area contributed by atoms with Crippen molar-refractivity contribution in [3.63, 3.8) is 0 Å². The van der Waals surface area contributed by atoms with E-state index in [9.17, 15) is 4.79 Å². The lowest BCUT2D eigenvalue weighted by atomic mass is 10.0. The molecular weight excluding hydrogens is 366 g/mol. The Morgan fingerprint density at radius 1 is 1.23 bits per heavy atom. The highest BCUT2D eigenvalue weighted by Crippen LogP contribution is 2.41. The Morgan fingerprint density at radius 3 is 2.77 bits per heavy atom. The van der Waals surface area contributed by atoms with Crippen molar-refractivity contribution in [1.82, 2.24) is 14.8 Å². The van der Waals surface area contributed by atoms with Crippen LogP contribution in [0.5, 0.6) is 0 Å². The maximum Gasteiger partial charge on any atom is 0.227 e. The molecule has 1 aromatic heterocycles. The quantitative estimate of drug-likeness (QED) is 0.774. The Morgan fingerprint density at radius 2 is 2.00 bits per heavy atom. The summed E-state index contributed by atoms with van der Waals surface area (Å²) >= 11 is 7.96. The number of hydrogen-bond donors (Lipinski definition) is 0. The van der Waals surface area contributed by atoms with Gasteiger partial charge in [0.15, 0.2) is 0 Å². The second-order valence-corrected chi connectivity index (χ2v) is 8.78. The molecule has 26 heavy (non-hydrogen) atoms. The van der Waals surface area contributed by atoms with Crippen LogP contribution in [0.25, 0.3) is 10.6 Å². The van der Waals surface area contributed by atoms with Gasteiger partial charge in [-0.25, -0.2) is 4.98 Å². The minimum Gasteiger partial charge on any atom is -0.338 e. The number of carbonyl (C=O) groups excluding carboxylic acids is 1. The molecule has 6 heteroatoms. The third-order valence-electron chi connectivity index (χ3n) is 5.56. The monoisotopic (exact) mass is 389 g/mol. The standard InChI is InChI=1S/C20H24ClN3OS/c1-23-17(11-14(20(23)25)13-24-9-5-2-6-10-24)18-12-22-19(26-18)15-7-3-4-8-16(15)21/h3-4,7-8,12,14,17H,2,5-6,9-11,13H2,1H3/t14-,17+/m1/s1. The largest absolute Gasteiger partial charge is 0.338 e. The molecule has 0 unspecified atom stereocenters. The molecular formula is C20H24ClN3OS. The van der Waals surface area contributed by atoms with Gasteiger partial charge >= 0.3 is 0 Å². The summed E-state index contributed by atoms with van der Waals surface area (Å²) in [4.78, 5) is 22.9. The van der Waals surface area contributed by atoms with Crippen molar-refractivity contribution in [2.75, 3.05) is 26.7 Å². The van der Waals surface area contributed by atoms with E-state index in [0.717, 1.165) is 41.5 Å². The lowest BCUT2D eigenvalue weighted by Crippen LogP contribution is -2.36. The molecule has 2 saturated heterocycles. The molecule has 4 nitrogen and oxygen atoms in total. The van der Waals surface area contributed by atoms with Crippen molar-refractivity contribution in [3.8, 4) is 10.6 Å². The SMILES string of the molecule is CN1C(=O)[C@@H](CN2CCCCC2)C[C@H]1c1cnc(-c2ccccc2Cl)s1. The van der Waals surface area contributed by atoms with Crippen LogP contribution >= 0.6 is 22.9 Å². The predicted molar refractivity (Wildman–Crippen MR) is 106 cm³/mol. The maximum absolute atomic E-state index is 12.8. The Kier molecular flexibility index (Phi) is 5.30. The maximum atomic E-state index is 12.8. The van der Waals surface area contributed by atoms with Gasteiger partial charge in [-0.2, -0.15) is 0 Å². The third-order valence-corrected chi connectivity index (χ3v) is 7.02. The molecule has 3 heterocycles. The minimum atomic E-state index is 0.106. The zero-order chi connectivity index (χ0) is 18.1. The van der Waals surface area contributed by atoms with Gasteiger partial charge in [0, 0.05) is 30.2 Å². The topological polar surface area (TPSA) is 36.4 Å². The Bertz CT molecular complexity index is 787. The predicted octanol–water partition coefficient (Wildman–Crippen LogP) is 4.47. The molecule has 0 aliphatic carbocycles. The summed E-state index contributed by atoms with van der Waals surface area (Å²) in [5.74, 6) is 0.377. The molecule has 2 aliphatic heterocycles. The average Bonchev–Trinajstić information content (AvgIpc) is 3.24. The number of piperidine rings is 1. The first-order valence-electron chi connectivity index (χ1n) is 9.33. The van der Waals surface area contributed by atoms with E-state index in [4.69, 9.17) is 11.6 Å². The molecule has 2 aromatic rings. The van der Waals surface area contributed by atoms with Gasteiger partial charge in [0.2, 0.25) is 5.91 Å². The van der Waals surface area contributed by atoms with Crippen LogP contribution in [0.1, 0.15) is 36.6 Å². The molecule has 0 spiro atoms. The fourth-order valence-electron chi connectivity index (χ4n) is 4.08. The lowest BCUT2D eigenvalue weighted by Gasteiger charge is -2.28. The van der Waals surface area contributed by atoms with E-state index in [0.29, 0.717) is 5.02 Å². The first-order valence-corrected chi connectivity index (χ1v) is 10.5. The van der Waals surface area contributed by atoms with Crippen LogP contribution in [0.4, 0.5) is 0 Å². The molecule has 0 bridgehead atoms. The van der Waals surface area contributed by atoms with Gasteiger partial charge in [-0.1, -0.05) is 36.2 Å². The Balaban J connectivity index is 1.49. The van der Waals surface area contributed by atoms with Gasteiger partial charge in [0.05, 0.1) is 17.0 Å². The molecule has 0 saturated carbocycles. The number of benzene rings is 1. The van der Waals surface area contributed by atoms with E-state index < -0.39 is 0 Å². The summed E-state index contributed by atoms with van der Waals surface area (Å²) in [7, 11) is 1.93. The number of nitrogens with zero attached hydrogens (tertiary/aromatic N) is 3. The summed E-state index contributed by atoms with van der Waals surface area (Å²) in [6, 6.07) is 7.91. The molecule has 1 aromatic carbocycles. The number of rotatable bonds is 4. The third kappa shape index (κ3) is 3.53. The second kappa shape index (κ2) is 7.67. The van der Waals surface area contributed by atoms with Crippen LogP contribution in [0.15, 0.2) is 30.5 Å². The second-order valence-electron chi connectivity index (χ2n) is 7.31. The van der Waals surface area contributed by atoms with E-state index in [2.05, 4.69) is 9.88 Å². The fourth-order valence-corrected chi connectivity index (χ4v) is 5.48. The normalized spacial score (nSPS) is 24.4. The summed E-state index contributed by atoms with van der Waals surface area (Å²) in [5, 5.41) is 1.64. The van der Waals surface area contributed by atoms with Crippen LogP contribution < -0.4 is 0 Å². The van der Waals surface area contributed by atoms with Crippen LogP contribution in [0.2, 0.25) is 5.02 Å². The summed E-state index contributed by atoms with van der Waals surface area (Å²) in [6.07, 6.45) is 6.65. The van der Waals surface area contributed by atoms with Crippen LogP contribution in [0, 0.1) is 5.92 Å². The first kappa shape index (κ1) is 18.0. The Labute approximate surface area is 163 Å². The van der Waals surface area contributed by atoms with E-state index in [1.807, 2.05) is 42.4 Å².